The van der Waals surface area contributed by atoms with E-state index in [0.717, 1.165) is 37.9 Å². The van der Waals surface area contributed by atoms with Gasteiger partial charge >= 0.3 is 0 Å². The molecule has 78 valence electrons. The van der Waals surface area contributed by atoms with Gasteiger partial charge in [-0.15, -0.1) is 0 Å². The molecule has 1 aromatic rings. The number of fused-ring (bicyclic) bond motifs is 1. The molecule has 2 rings (SSSR count). The Bertz CT molecular complexity index is 480. The van der Waals surface area contributed by atoms with Crippen molar-refractivity contribution in [1.82, 2.24) is 4.57 Å². The summed E-state index contributed by atoms with van der Waals surface area (Å²) in [6.45, 7) is 2.78. The molecule has 0 aliphatic heterocycles. The Morgan fingerprint density at radius 3 is 3.00 bits per heavy atom. The summed E-state index contributed by atoms with van der Waals surface area (Å²) in [5.41, 5.74) is 2.53. The number of nitrogens with zero attached hydrogens (tertiary/aromatic N) is 2. The fraction of sp³-hybridized carbons (Fsp3) is 0.500. The molecule has 0 amide bonds. The normalized spacial score (nSPS) is 13.6. The Hall–Kier alpha value is -1.56. The molecule has 1 heterocycles. The van der Waals surface area contributed by atoms with Crippen molar-refractivity contribution in [3.63, 3.8) is 0 Å². The van der Waals surface area contributed by atoms with Crippen molar-refractivity contribution in [1.29, 1.82) is 5.26 Å². The van der Waals surface area contributed by atoms with Crippen LogP contribution in [0.2, 0.25) is 0 Å². The molecule has 0 atom stereocenters. The second-order valence-electron chi connectivity index (χ2n) is 3.95. The molecule has 0 bridgehead atoms. The lowest BCUT2D eigenvalue weighted by Crippen LogP contribution is -2.25. The summed E-state index contributed by atoms with van der Waals surface area (Å²) in [6.07, 6.45) is 4.03. The van der Waals surface area contributed by atoms with Gasteiger partial charge < -0.3 is 4.57 Å². The van der Waals surface area contributed by atoms with Crippen molar-refractivity contribution in [3.05, 3.63) is 33.2 Å². The summed E-state index contributed by atoms with van der Waals surface area (Å²) in [5, 5.41) is 8.88. The number of hydrogen-bond donors (Lipinski definition) is 0. The van der Waals surface area contributed by atoms with Crippen molar-refractivity contribution < 1.29 is 0 Å². The van der Waals surface area contributed by atoms with Crippen molar-refractivity contribution in [2.24, 2.45) is 0 Å². The number of pyridine rings is 1. The lowest BCUT2D eigenvalue weighted by molar-refractivity contribution is 0.622. The maximum atomic E-state index is 11.9. The van der Waals surface area contributed by atoms with Gasteiger partial charge in [-0.05, 0) is 37.3 Å². The topological polar surface area (TPSA) is 45.8 Å². The van der Waals surface area contributed by atoms with Crippen molar-refractivity contribution >= 4 is 0 Å². The zero-order valence-electron chi connectivity index (χ0n) is 8.92. The van der Waals surface area contributed by atoms with Gasteiger partial charge in [0, 0.05) is 12.2 Å². The van der Waals surface area contributed by atoms with Crippen LogP contribution in [0.15, 0.2) is 10.9 Å². The van der Waals surface area contributed by atoms with Gasteiger partial charge in [0.25, 0.3) is 5.56 Å². The molecule has 0 aromatic carbocycles. The van der Waals surface area contributed by atoms with E-state index in [0.29, 0.717) is 5.56 Å². The molecular formula is C12H14N2O. The number of nitriles is 1. The van der Waals surface area contributed by atoms with Gasteiger partial charge in [0.05, 0.1) is 0 Å². The highest BCUT2D eigenvalue weighted by molar-refractivity contribution is 5.36. The molecule has 1 aliphatic rings. The molecular weight excluding hydrogens is 188 g/mol. The van der Waals surface area contributed by atoms with Gasteiger partial charge in [-0.25, -0.2) is 0 Å². The highest BCUT2D eigenvalue weighted by Crippen LogP contribution is 2.21. The third-order valence-corrected chi connectivity index (χ3v) is 2.92. The van der Waals surface area contributed by atoms with Gasteiger partial charge in [-0.2, -0.15) is 5.26 Å². The minimum absolute atomic E-state index is 0.111. The van der Waals surface area contributed by atoms with Crippen LogP contribution in [0.25, 0.3) is 0 Å². The van der Waals surface area contributed by atoms with E-state index in [4.69, 9.17) is 5.26 Å². The molecule has 1 aliphatic carbocycles. The first kappa shape index (κ1) is 9.97. The van der Waals surface area contributed by atoms with E-state index in [1.54, 1.807) is 10.6 Å². The lowest BCUT2D eigenvalue weighted by Gasteiger charge is -2.11. The average Bonchev–Trinajstić information content (AvgIpc) is 2.69. The van der Waals surface area contributed by atoms with Crippen molar-refractivity contribution in [3.8, 4) is 6.07 Å². The van der Waals surface area contributed by atoms with Gasteiger partial charge in [0.2, 0.25) is 0 Å². The second-order valence-corrected chi connectivity index (χ2v) is 3.95. The molecule has 0 N–H and O–H groups in total. The van der Waals surface area contributed by atoms with Crippen LogP contribution in [0.3, 0.4) is 0 Å². The van der Waals surface area contributed by atoms with Crippen LogP contribution >= 0.6 is 0 Å². The van der Waals surface area contributed by atoms with Crippen LogP contribution in [0.1, 0.15) is 36.6 Å². The predicted molar refractivity (Wildman–Crippen MR) is 57.7 cm³/mol. The van der Waals surface area contributed by atoms with Crippen LogP contribution in [0.4, 0.5) is 0 Å². The first-order valence-electron chi connectivity index (χ1n) is 5.43. The second kappa shape index (κ2) is 3.90. The van der Waals surface area contributed by atoms with Gasteiger partial charge in [-0.1, -0.05) is 6.92 Å². The summed E-state index contributed by atoms with van der Waals surface area (Å²) < 4.78 is 1.79. The zero-order chi connectivity index (χ0) is 10.8. The fourth-order valence-electron chi connectivity index (χ4n) is 2.26. The molecule has 0 fully saturated rings. The van der Waals surface area contributed by atoms with Crippen LogP contribution in [-0.2, 0) is 19.4 Å². The number of rotatable bonds is 2. The Morgan fingerprint density at radius 2 is 2.33 bits per heavy atom. The van der Waals surface area contributed by atoms with E-state index in [1.807, 2.05) is 13.0 Å². The molecule has 0 spiro atoms. The third kappa shape index (κ3) is 1.56. The minimum Gasteiger partial charge on any atom is -0.311 e. The highest BCUT2D eigenvalue weighted by Gasteiger charge is 2.18. The van der Waals surface area contributed by atoms with E-state index in [1.165, 1.54) is 5.56 Å². The van der Waals surface area contributed by atoms with Gasteiger partial charge in [0.1, 0.15) is 11.6 Å². The van der Waals surface area contributed by atoms with E-state index >= 15 is 0 Å². The largest absolute Gasteiger partial charge is 0.311 e. The van der Waals surface area contributed by atoms with Crippen LogP contribution in [0.5, 0.6) is 0 Å². The summed E-state index contributed by atoms with van der Waals surface area (Å²) in [5.74, 6) is 0. The number of hydrogen-bond acceptors (Lipinski definition) is 2. The molecule has 0 saturated carbocycles. The Kier molecular flexibility index (Phi) is 2.59. The molecule has 0 unspecified atom stereocenters. The van der Waals surface area contributed by atoms with Crippen LogP contribution in [0, 0.1) is 11.3 Å². The fourth-order valence-corrected chi connectivity index (χ4v) is 2.26. The smallest absolute Gasteiger partial charge is 0.268 e. The summed E-state index contributed by atoms with van der Waals surface area (Å²) >= 11 is 0. The van der Waals surface area contributed by atoms with E-state index < -0.39 is 0 Å². The molecule has 15 heavy (non-hydrogen) atoms. The van der Waals surface area contributed by atoms with Crippen LogP contribution in [-0.4, -0.2) is 4.57 Å². The maximum Gasteiger partial charge on any atom is 0.268 e. The minimum atomic E-state index is -0.111. The Morgan fingerprint density at radius 1 is 1.53 bits per heavy atom. The van der Waals surface area contributed by atoms with E-state index in [9.17, 15) is 4.79 Å². The molecule has 3 nitrogen and oxygen atoms in total. The quantitative estimate of drug-likeness (QED) is 0.731. The zero-order valence-corrected chi connectivity index (χ0v) is 8.92. The maximum absolute atomic E-state index is 11.9. The monoisotopic (exact) mass is 202 g/mol. The number of aromatic nitrogens is 1. The molecule has 0 saturated heterocycles. The highest BCUT2D eigenvalue weighted by atomic mass is 16.1. The van der Waals surface area contributed by atoms with Gasteiger partial charge in [-0.3, -0.25) is 4.79 Å². The number of aryl methyl sites for hydroxylation is 1. The van der Waals surface area contributed by atoms with Crippen LogP contribution < -0.4 is 5.56 Å². The third-order valence-electron chi connectivity index (χ3n) is 2.92. The molecule has 3 heteroatoms. The van der Waals surface area contributed by atoms with E-state index in [-0.39, 0.29) is 5.56 Å². The first-order valence-corrected chi connectivity index (χ1v) is 5.43. The van der Waals surface area contributed by atoms with Gasteiger partial charge in [0.15, 0.2) is 0 Å². The first-order chi connectivity index (χ1) is 7.27. The summed E-state index contributed by atoms with van der Waals surface area (Å²) in [4.78, 5) is 11.9. The SMILES string of the molecule is CCCn1c2c(cc(C#N)c1=O)CCC2. The summed E-state index contributed by atoms with van der Waals surface area (Å²) in [6, 6.07) is 3.77. The predicted octanol–water partition coefficient (Wildman–Crippen LogP) is 1.62. The molecule has 0 radical (unpaired) electrons. The van der Waals surface area contributed by atoms with E-state index in [2.05, 4.69) is 0 Å². The lowest BCUT2D eigenvalue weighted by atomic mass is 10.1. The average molecular weight is 202 g/mol. The van der Waals surface area contributed by atoms with Crippen molar-refractivity contribution in [2.75, 3.05) is 0 Å². The molecule has 1 aromatic heterocycles. The van der Waals surface area contributed by atoms with Crippen molar-refractivity contribution in [2.45, 2.75) is 39.2 Å². The summed E-state index contributed by atoms with van der Waals surface area (Å²) in [7, 11) is 0. The Balaban J connectivity index is 2.65. The standard InChI is InChI=1S/C12H14N2O/c1-2-6-14-11-5-3-4-9(11)7-10(8-13)12(14)15/h7H,2-6H2,1H3. The Labute approximate surface area is 89.0 Å².